The molecule has 2 N–H and O–H groups in total. The fourth-order valence-corrected chi connectivity index (χ4v) is 5.75. The lowest BCUT2D eigenvalue weighted by molar-refractivity contribution is 0.0944. The summed E-state index contributed by atoms with van der Waals surface area (Å²) >= 11 is 12.7. The normalized spacial score (nSPS) is 19.3. The van der Waals surface area contributed by atoms with Crippen LogP contribution in [0.5, 0.6) is 0 Å². The lowest BCUT2D eigenvalue weighted by Crippen LogP contribution is -2.53. The molecule has 12 heteroatoms. The summed E-state index contributed by atoms with van der Waals surface area (Å²) in [4.78, 5) is 33.1. The van der Waals surface area contributed by atoms with Crippen LogP contribution in [0, 0.1) is 5.82 Å². The van der Waals surface area contributed by atoms with E-state index in [9.17, 15) is 9.18 Å². The van der Waals surface area contributed by atoms with E-state index in [0.717, 1.165) is 30.8 Å². The number of nitrogens with one attached hydrogen (secondary N) is 1. The third-order valence-corrected chi connectivity index (χ3v) is 8.00. The van der Waals surface area contributed by atoms with Gasteiger partial charge in [-0.25, -0.2) is 14.4 Å². The van der Waals surface area contributed by atoms with E-state index in [0.29, 0.717) is 53.7 Å². The molecule has 4 heterocycles. The van der Waals surface area contributed by atoms with Crippen molar-refractivity contribution in [3.63, 3.8) is 0 Å². The molecule has 2 aliphatic rings. The highest BCUT2D eigenvalue weighted by Crippen LogP contribution is 2.33. The molecule has 0 radical (unpaired) electrons. The molecule has 2 aliphatic heterocycles. The first-order valence-electron chi connectivity index (χ1n) is 13.4. The second kappa shape index (κ2) is 12.1. The predicted octanol–water partition coefficient (Wildman–Crippen LogP) is 4.41. The second-order valence-electron chi connectivity index (χ2n) is 10.2. The zero-order valence-electron chi connectivity index (χ0n) is 22.4. The maximum absolute atomic E-state index is 13.9. The summed E-state index contributed by atoms with van der Waals surface area (Å²) in [6.45, 7) is 7.14. The molecule has 0 spiro atoms. The van der Waals surface area contributed by atoms with Gasteiger partial charge in [0, 0.05) is 62.6 Å². The Hall–Kier alpha value is -3.21. The van der Waals surface area contributed by atoms with Crippen LogP contribution in [0.4, 0.5) is 22.0 Å². The van der Waals surface area contributed by atoms with Gasteiger partial charge in [0.25, 0.3) is 5.91 Å². The molecule has 9 nitrogen and oxygen atoms in total. The van der Waals surface area contributed by atoms with E-state index in [2.05, 4.69) is 38.8 Å². The molecule has 3 aromatic rings. The van der Waals surface area contributed by atoms with Crippen LogP contribution in [-0.4, -0.2) is 77.4 Å². The van der Waals surface area contributed by atoms with Crippen molar-refractivity contribution in [2.45, 2.75) is 38.8 Å². The number of halogens is 3. The monoisotopic (exact) mass is 587 g/mol. The number of carbonyl (C=O) groups is 1. The molecular formula is C28H32Cl2FN7O2. The van der Waals surface area contributed by atoms with Crippen molar-refractivity contribution < 1.29 is 14.3 Å². The minimum Gasteiger partial charge on any atom is -0.395 e. The minimum absolute atomic E-state index is 0.0528. The Morgan fingerprint density at radius 1 is 1.07 bits per heavy atom. The number of rotatable bonds is 7. The Labute approximate surface area is 242 Å². The van der Waals surface area contributed by atoms with Crippen molar-refractivity contribution >= 4 is 46.7 Å². The van der Waals surface area contributed by atoms with Gasteiger partial charge < -0.3 is 25.1 Å². The maximum Gasteiger partial charge on any atom is 0.252 e. The highest BCUT2D eigenvalue weighted by Gasteiger charge is 2.30. The number of amides is 1. The molecule has 40 heavy (non-hydrogen) atoms. The summed E-state index contributed by atoms with van der Waals surface area (Å²) in [6.07, 6.45) is 3.66. The molecule has 1 aromatic carbocycles. The van der Waals surface area contributed by atoms with E-state index in [-0.39, 0.29) is 30.1 Å². The number of benzene rings is 1. The van der Waals surface area contributed by atoms with Crippen molar-refractivity contribution in [3.8, 4) is 11.3 Å². The lowest BCUT2D eigenvalue weighted by atomic mass is 10.1. The van der Waals surface area contributed by atoms with Gasteiger partial charge in [0.15, 0.2) is 0 Å². The summed E-state index contributed by atoms with van der Waals surface area (Å²) in [5, 5.41) is 12.0. The molecule has 2 saturated heterocycles. The number of hydrogen-bond acceptors (Lipinski definition) is 8. The molecule has 5 rings (SSSR count). The van der Waals surface area contributed by atoms with Gasteiger partial charge in [0.1, 0.15) is 17.5 Å². The molecule has 0 saturated carbocycles. The Morgan fingerprint density at radius 3 is 2.58 bits per heavy atom. The molecule has 0 bridgehead atoms. The Bertz CT molecular complexity index is 1390. The van der Waals surface area contributed by atoms with Crippen molar-refractivity contribution in [2.24, 2.45) is 0 Å². The quantitative estimate of drug-likeness (QED) is 0.419. The van der Waals surface area contributed by atoms with E-state index in [1.165, 1.54) is 12.3 Å². The van der Waals surface area contributed by atoms with Crippen LogP contribution in [0.1, 0.15) is 37.0 Å². The third-order valence-electron chi connectivity index (χ3n) is 7.43. The van der Waals surface area contributed by atoms with Gasteiger partial charge in [0.2, 0.25) is 5.95 Å². The second-order valence-corrected chi connectivity index (χ2v) is 11.0. The SMILES string of the molecule is CC1CN(c2ncc(C(=O)NCCO)cc2Cl)CCN1c1cc(-c2ccc(F)c(Cl)c2)nc(N2CCCC2C)n1. The van der Waals surface area contributed by atoms with Gasteiger partial charge in [0.05, 0.1) is 27.9 Å². The Kier molecular flexibility index (Phi) is 8.58. The number of anilines is 3. The van der Waals surface area contributed by atoms with Gasteiger partial charge in [-0.15, -0.1) is 0 Å². The topological polar surface area (TPSA) is 97.7 Å². The number of aliphatic hydroxyl groups excluding tert-OH is 1. The van der Waals surface area contributed by atoms with Gasteiger partial charge in [-0.1, -0.05) is 23.2 Å². The number of pyridine rings is 1. The first-order chi connectivity index (χ1) is 19.2. The van der Waals surface area contributed by atoms with Crippen molar-refractivity contribution in [1.29, 1.82) is 0 Å². The molecule has 2 unspecified atom stereocenters. The maximum atomic E-state index is 13.9. The summed E-state index contributed by atoms with van der Waals surface area (Å²) in [6, 6.07) is 8.57. The number of carbonyl (C=O) groups excluding carboxylic acids is 1. The molecular weight excluding hydrogens is 556 g/mol. The van der Waals surface area contributed by atoms with E-state index in [1.54, 1.807) is 18.2 Å². The first-order valence-corrected chi connectivity index (χ1v) is 14.2. The van der Waals surface area contributed by atoms with Gasteiger partial charge in [-0.05, 0) is 51.0 Å². The van der Waals surface area contributed by atoms with E-state index in [1.807, 2.05) is 6.07 Å². The Morgan fingerprint density at radius 2 is 1.90 bits per heavy atom. The summed E-state index contributed by atoms with van der Waals surface area (Å²) in [7, 11) is 0. The highest BCUT2D eigenvalue weighted by molar-refractivity contribution is 6.33. The van der Waals surface area contributed by atoms with Crippen LogP contribution >= 0.6 is 23.2 Å². The number of hydrogen-bond donors (Lipinski definition) is 2. The number of aromatic nitrogens is 3. The Balaban J connectivity index is 1.40. The number of nitrogens with zero attached hydrogens (tertiary/aromatic N) is 6. The van der Waals surface area contributed by atoms with Crippen LogP contribution in [0.25, 0.3) is 11.3 Å². The fourth-order valence-electron chi connectivity index (χ4n) is 5.28. The largest absolute Gasteiger partial charge is 0.395 e. The highest BCUT2D eigenvalue weighted by atomic mass is 35.5. The van der Waals surface area contributed by atoms with Crippen molar-refractivity contribution in [1.82, 2.24) is 20.3 Å². The number of aliphatic hydroxyl groups is 1. The van der Waals surface area contributed by atoms with E-state index in [4.69, 9.17) is 38.3 Å². The van der Waals surface area contributed by atoms with E-state index < -0.39 is 5.82 Å². The average Bonchev–Trinajstić information content (AvgIpc) is 3.38. The summed E-state index contributed by atoms with van der Waals surface area (Å²) < 4.78 is 13.9. The number of piperazine rings is 1. The molecule has 212 valence electrons. The molecule has 2 aromatic heterocycles. The minimum atomic E-state index is -0.469. The zero-order valence-corrected chi connectivity index (χ0v) is 24.0. The molecule has 2 atom stereocenters. The first kappa shape index (κ1) is 28.3. The molecule has 1 amide bonds. The third kappa shape index (κ3) is 5.94. The summed E-state index contributed by atoms with van der Waals surface area (Å²) in [5.41, 5.74) is 1.76. The van der Waals surface area contributed by atoms with Gasteiger partial charge >= 0.3 is 0 Å². The van der Waals surface area contributed by atoms with Crippen LogP contribution in [-0.2, 0) is 0 Å². The van der Waals surface area contributed by atoms with Gasteiger partial charge in [-0.2, -0.15) is 4.98 Å². The van der Waals surface area contributed by atoms with Crippen LogP contribution in [0.3, 0.4) is 0 Å². The standard InChI is InChI=1S/C28H32Cl2FN7O2/c1-17-4-3-8-38(17)28-34-24(19-5-6-23(31)21(29)12-19)14-25(35-28)37-10-9-36(16-18(37)2)26-22(30)13-20(15-33-26)27(40)32-7-11-39/h5-6,12-15,17-18,39H,3-4,7-11,16H2,1-2H3,(H,32,40). The fraction of sp³-hybridized carbons (Fsp3) is 0.429. The van der Waals surface area contributed by atoms with Crippen LogP contribution < -0.4 is 20.0 Å². The summed E-state index contributed by atoms with van der Waals surface area (Å²) in [5.74, 6) is 1.26. The van der Waals surface area contributed by atoms with Gasteiger partial charge in [-0.3, -0.25) is 4.79 Å². The zero-order chi connectivity index (χ0) is 28.4. The smallest absolute Gasteiger partial charge is 0.252 e. The van der Waals surface area contributed by atoms with Crippen molar-refractivity contribution in [3.05, 3.63) is 58.0 Å². The van der Waals surface area contributed by atoms with Crippen LogP contribution in [0.2, 0.25) is 10.0 Å². The van der Waals surface area contributed by atoms with Crippen molar-refractivity contribution in [2.75, 3.05) is 54.0 Å². The van der Waals surface area contributed by atoms with E-state index >= 15 is 0 Å². The average molecular weight is 589 g/mol. The predicted molar refractivity (Wildman–Crippen MR) is 156 cm³/mol. The molecule has 2 fully saturated rings. The lowest BCUT2D eigenvalue weighted by Gasteiger charge is -2.41. The molecule has 0 aliphatic carbocycles. The van der Waals surface area contributed by atoms with Crippen LogP contribution in [0.15, 0.2) is 36.5 Å².